The molecule has 7 heteroatoms. The molecule has 7 nitrogen and oxygen atoms in total. The van der Waals surface area contributed by atoms with Crippen molar-refractivity contribution in [1.82, 2.24) is 30.3 Å². The van der Waals surface area contributed by atoms with Crippen molar-refractivity contribution in [2.45, 2.75) is 40.3 Å². The summed E-state index contributed by atoms with van der Waals surface area (Å²) in [5.74, 6) is 1.60. The number of hydrogen-bond donors (Lipinski definition) is 2. The third kappa shape index (κ3) is 5.95. The van der Waals surface area contributed by atoms with E-state index in [1.54, 1.807) is 7.05 Å². The maximum Gasteiger partial charge on any atom is 0.191 e. The lowest BCUT2D eigenvalue weighted by Crippen LogP contribution is -2.43. The standard InChI is InChI=1S/C25H35N7/c1-6-31(7-2)23(22-11-9-8-10-12-22)18-29-25(26-5)28-17-21-13-14-24(27-16-21)32-20(4)15-19(3)30-32/h8-16,23H,6-7,17-18H2,1-5H3,(H2,26,28,29). The van der Waals surface area contributed by atoms with Gasteiger partial charge in [0.15, 0.2) is 11.8 Å². The number of rotatable bonds is 9. The Hall–Kier alpha value is -3.19. The summed E-state index contributed by atoms with van der Waals surface area (Å²) >= 11 is 0. The molecule has 170 valence electrons. The van der Waals surface area contributed by atoms with Gasteiger partial charge in [-0.15, -0.1) is 0 Å². The van der Waals surface area contributed by atoms with Crippen molar-refractivity contribution in [1.29, 1.82) is 0 Å². The molecule has 3 aromatic rings. The van der Waals surface area contributed by atoms with Gasteiger partial charge in [-0.05, 0) is 50.2 Å². The maximum atomic E-state index is 4.58. The fourth-order valence-electron chi connectivity index (χ4n) is 3.90. The Balaban J connectivity index is 1.60. The van der Waals surface area contributed by atoms with Crippen molar-refractivity contribution >= 4 is 5.96 Å². The van der Waals surface area contributed by atoms with E-state index in [0.29, 0.717) is 6.54 Å². The molecule has 0 saturated heterocycles. The molecule has 32 heavy (non-hydrogen) atoms. The van der Waals surface area contributed by atoms with Gasteiger partial charge in [0.05, 0.1) is 11.7 Å². The van der Waals surface area contributed by atoms with E-state index >= 15 is 0 Å². The Morgan fingerprint density at radius 1 is 1.06 bits per heavy atom. The maximum absolute atomic E-state index is 4.58. The van der Waals surface area contributed by atoms with Crippen molar-refractivity contribution in [3.63, 3.8) is 0 Å². The lowest BCUT2D eigenvalue weighted by molar-refractivity contribution is 0.219. The van der Waals surface area contributed by atoms with Crippen molar-refractivity contribution in [2.24, 2.45) is 4.99 Å². The molecule has 0 amide bonds. The van der Waals surface area contributed by atoms with E-state index < -0.39 is 0 Å². The Morgan fingerprint density at radius 2 is 1.81 bits per heavy atom. The number of aliphatic imine (C=N–C) groups is 1. The first-order valence-electron chi connectivity index (χ1n) is 11.3. The highest BCUT2D eigenvalue weighted by Crippen LogP contribution is 2.19. The van der Waals surface area contributed by atoms with Gasteiger partial charge in [0.1, 0.15) is 0 Å². The molecular weight excluding hydrogens is 398 g/mol. The fourth-order valence-corrected chi connectivity index (χ4v) is 3.90. The first kappa shape index (κ1) is 23.5. The number of nitrogens with zero attached hydrogens (tertiary/aromatic N) is 5. The van der Waals surface area contributed by atoms with Crippen molar-refractivity contribution in [3.8, 4) is 5.82 Å². The molecule has 1 unspecified atom stereocenters. The van der Waals surface area contributed by atoms with Crippen LogP contribution >= 0.6 is 0 Å². The molecular formula is C25H35N7. The topological polar surface area (TPSA) is 70.4 Å². The highest BCUT2D eigenvalue weighted by Gasteiger charge is 2.18. The molecule has 3 rings (SSSR count). The number of guanidine groups is 1. The Kier molecular flexibility index (Phi) is 8.39. The second kappa shape index (κ2) is 11.4. The van der Waals surface area contributed by atoms with Crippen molar-refractivity contribution in [2.75, 3.05) is 26.7 Å². The molecule has 0 radical (unpaired) electrons. The molecule has 0 fully saturated rings. The number of hydrogen-bond acceptors (Lipinski definition) is 4. The summed E-state index contributed by atoms with van der Waals surface area (Å²) in [4.78, 5) is 11.4. The van der Waals surface area contributed by atoms with Gasteiger partial charge >= 0.3 is 0 Å². The Bertz CT molecular complexity index is 989. The SMILES string of the molecule is CCN(CC)C(CNC(=NC)NCc1ccc(-n2nc(C)cc2C)nc1)c1ccccc1. The average Bonchev–Trinajstić information content (AvgIpc) is 3.17. The first-order valence-corrected chi connectivity index (χ1v) is 11.3. The second-order valence-electron chi connectivity index (χ2n) is 7.82. The van der Waals surface area contributed by atoms with Crippen LogP contribution < -0.4 is 10.6 Å². The molecule has 2 aromatic heterocycles. The minimum absolute atomic E-state index is 0.284. The summed E-state index contributed by atoms with van der Waals surface area (Å²) in [6.45, 7) is 11.8. The van der Waals surface area contributed by atoms with Gasteiger partial charge in [0.25, 0.3) is 0 Å². The van der Waals surface area contributed by atoms with Gasteiger partial charge < -0.3 is 10.6 Å². The summed E-state index contributed by atoms with van der Waals surface area (Å²) in [7, 11) is 1.80. The summed E-state index contributed by atoms with van der Waals surface area (Å²) in [6.07, 6.45) is 1.88. The van der Waals surface area contributed by atoms with Crippen LogP contribution in [0.3, 0.4) is 0 Å². The van der Waals surface area contributed by atoms with Crippen LogP contribution in [0.1, 0.15) is 42.4 Å². The Labute approximate surface area is 191 Å². The zero-order valence-corrected chi connectivity index (χ0v) is 19.8. The van der Waals surface area contributed by atoms with E-state index in [9.17, 15) is 0 Å². The summed E-state index contributed by atoms with van der Waals surface area (Å²) in [6, 6.07) is 17.0. The summed E-state index contributed by atoms with van der Waals surface area (Å²) in [5, 5.41) is 11.4. The zero-order chi connectivity index (χ0) is 22.9. The molecule has 0 saturated carbocycles. The first-order chi connectivity index (χ1) is 15.5. The smallest absolute Gasteiger partial charge is 0.191 e. The highest BCUT2D eigenvalue weighted by atomic mass is 15.3. The molecule has 2 heterocycles. The second-order valence-corrected chi connectivity index (χ2v) is 7.82. The fraction of sp³-hybridized carbons (Fsp3) is 0.400. The van der Waals surface area contributed by atoms with E-state index in [0.717, 1.165) is 48.4 Å². The van der Waals surface area contributed by atoms with Crippen LogP contribution in [-0.4, -0.2) is 52.3 Å². The predicted octanol–water partition coefficient (Wildman–Crippen LogP) is 3.63. The van der Waals surface area contributed by atoms with Gasteiger partial charge in [-0.2, -0.15) is 5.10 Å². The molecule has 0 spiro atoms. The molecule has 1 aromatic carbocycles. The van der Waals surface area contributed by atoms with Gasteiger partial charge in [-0.1, -0.05) is 50.2 Å². The van der Waals surface area contributed by atoms with Gasteiger partial charge in [-0.25, -0.2) is 9.67 Å². The van der Waals surface area contributed by atoms with E-state index in [1.165, 1.54) is 5.56 Å². The minimum atomic E-state index is 0.284. The number of nitrogens with one attached hydrogen (secondary N) is 2. The van der Waals surface area contributed by atoms with Crippen LogP contribution in [0.4, 0.5) is 0 Å². The Morgan fingerprint density at radius 3 is 2.38 bits per heavy atom. The number of likely N-dealkylation sites (N-methyl/N-ethyl adjacent to an activating group) is 1. The molecule has 0 aliphatic rings. The lowest BCUT2D eigenvalue weighted by Gasteiger charge is -2.30. The van der Waals surface area contributed by atoms with Crippen molar-refractivity contribution < 1.29 is 0 Å². The number of benzene rings is 1. The van der Waals surface area contributed by atoms with Crippen LogP contribution in [-0.2, 0) is 6.54 Å². The van der Waals surface area contributed by atoms with Crippen LogP contribution in [0.2, 0.25) is 0 Å². The predicted molar refractivity (Wildman–Crippen MR) is 131 cm³/mol. The quantitative estimate of drug-likeness (QED) is 0.398. The zero-order valence-electron chi connectivity index (χ0n) is 19.8. The molecule has 0 aliphatic carbocycles. The van der Waals surface area contributed by atoms with E-state index in [2.05, 4.69) is 80.9 Å². The number of aromatic nitrogens is 3. The van der Waals surface area contributed by atoms with E-state index in [-0.39, 0.29) is 6.04 Å². The number of aryl methyl sites for hydroxylation is 2. The van der Waals surface area contributed by atoms with Crippen LogP contribution in [0.5, 0.6) is 0 Å². The molecule has 1 atom stereocenters. The summed E-state index contributed by atoms with van der Waals surface area (Å²) in [5.41, 5.74) is 4.46. The monoisotopic (exact) mass is 433 g/mol. The highest BCUT2D eigenvalue weighted by molar-refractivity contribution is 5.79. The normalized spacial score (nSPS) is 12.8. The third-order valence-electron chi connectivity index (χ3n) is 5.62. The average molecular weight is 434 g/mol. The van der Waals surface area contributed by atoms with Gasteiger partial charge in [0.2, 0.25) is 0 Å². The molecule has 0 bridgehead atoms. The largest absolute Gasteiger partial charge is 0.354 e. The molecule has 0 aliphatic heterocycles. The minimum Gasteiger partial charge on any atom is -0.354 e. The van der Waals surface area contributed by atoms with Crippen molar-refractivity contribution in [3.05, 3.63) is 77.2 Å². The third-order valence-corrected chi connectivity index (χ3v) is 5.62. The van der Waals surface area contributed by atoms with Crippen LogP contribution in [0, 0.1) is 13.8 Å². The van der Waals surface area contributed by atoms with Gasteiger partial charge in [0, 0.05) is 32.0 Å². The van der Waals surface area contributed by atoms with Crippen LogP contribution in [0.25, 0.3) is 5.82 Å². The number of pyridine rings is 1. The van der Waals surface area contributed by atoms with Gasteiger partial charge in [-0.3, -0.25) is 9.89 Å². The van der Waals surface area contributed by atoms with E-state index in [4.69, 9.17) is 0 Å². The molecule has 2 N–H and O–H groups in total. The lowest BCUT2D eigenvalue weighted by atomic mass is 10.1. The summed E-state index contributed by atoms with van der Waals surface area (Å²) < 4.78 is 1.87. The van der Waals surface area contributed by atoms with E-state index in [1.807, 2.05) is 36.9 Å². The van der Waals surface area contributed by atoms with Crippen LogP contribution in [0.15, 0.2) is 59.7 Å².